The molecule has 0 saturated heterocycles. The van der Waals surface area contributed by atoms with Gasteiger partial charge in [-0.15, -0.1) is 0 Å². The second kappa shape index (κ2) is 5.23. The fourth-order valence-corrected chi connectivity index (χ4v) is 0.957. The smallest absolute Gasteiger partial charge is 0.272 e. The summed E-state index contributed by atoms with van der Waals surface area (Å²) in [4.78, 5) is 10.1. The van der Waals surface area contributed by atoms with E-state index in [1.165, 1.54) is 6.07 Å². The second-order valence-corrected chi connectivity index (χ2v) is 2.60. The second-order valence-electron chi connectivity index (χ2n) is 2.60. The van der Waals surface area contributed by atoms with Crippen LogP contribution in [-0.2, 0) is 4.79 Å². The van der Waals surface area contributed by atoms with E-state index in [4.69, 9.17) is 0 Å². The van der Waals surface area contributed by atoms with Crippen molar-refractivity contribution in [2.24, 2.45) is 0 Å². The molecule has 0 aliphatic rings. The summed E-state index contributed by atoms with van der Waals surface area (Å²) < 4.78 is 41.0. The molecule has 0 aromatic heterocycles. The Morgan fingerprint density at radius 3 is 2.80 bits per heavy atom. The number of hydrogen-bond donors (Lipinski definition) is 1. The van der Waals surface area contributed by atoms with Crippen LogP contribution in [0.25, 0.3) is 0 Å². The largest absolute Gasteiger partial charge is 0.485 e. The minimum atomic E-state index is -2.63. The van der Waals surface area contributed by atoms with Crippen LogP contribution in [0.15, 0.2) is 18.2 Å². The Morgan fingerprint density at radius 2 is 2.20 bits per heavy atom. The number of anilines is 1. The molecule has 1 amide bonds. The van der Waals surface area contributed by atoms with Gasteiger partial charge in [0.05, 0.1) is 5.69 Å². The lowest BCUT2D eigenvalue weighted by atomic mass is 10.3. The Kier molecular flexibility index (Phi) is 3.96. The van der Waals surface area contributed by atoms with E-state index in [-0.39, 0.29) is 11.4 Å². The molecule has 0 radical (unpaired) electrons. The average Bonchev–Trinajstić information content (AvgIpc) is 2.17. The molecule has 82 valence electrons. The number of ether oxygens (including phenoxy) is 1. The van der Waals surface area contributed by atoms with Gasteiger partial charge in [-0.2, -0.15) is 0 Å². The van der Waals surface area contributed by atoms with Gasteiger partial charge in [0.25, 0.3) is 6.43 Å². The van der Waals surface area contributed by atoms with E-state index in [9.17, 15) is 18.0 Å². The zero-order chi connectivity index (χ0) is 11.3. The summed E-state index contributed by atoms with van der Waals surface area (Å²) in [7, 11) is 0. The molecule has 0 saturated carbocycles. The topological polar surface area (TPSA) is 38.3 Å². The number of alkyl halides is 2. The molecule has 1 aromatic carbocycles. The molecule has 0 fully saturated rings. The van der Waals surface area contributed by atoms with E-state index >= 15 is 0 Å². The van der Waals surface area contributed by atoms with Crippen LogP contribution in [0.4, 0.5) is 18.9 Å². The van der Waals surface area contributed by atoms with Crippen LogP contribution in [0.3, 0.4) is 0 Å². The summed E-state index contributed by atoms with van der Waals surface area (Å²) in [5.41, 5.74) is 0.0191. The number of carbonyl (C=O) groups is 1. The van der Waals surface area contributed by atoms with Crippen molar-refractivity contribution in [2.75, 3.05) is 11.9 Å². The van der Waals surface area contributed by atoms with Gasteiger partial charge in [-0.05, 0) is 12.1 Å². The maximum atomic E-state index is 12.7. The molecule has 0 spiro atoms. The maximum Gasteiger partial charge on any atom is 0.272 e. The highest BCUT2D eigenvalue weighted by molar-refractivity contribution is 5.75. The van der Waals surface area contributed by atoms with Crippen molar-refractivity contribution in [2.45, 2.75) is 6.43 Å². The number of carbonyl (C=O) groups excluding carboxylic acids is 1. The number of rotatable bonds is 5. The fraction of sp³-hybridized carbons (Fsp3) is 0.222. The van der Waals surface area contributed by atoms with E-state index in [1.807, 2.05) is 0 Å². The third-order valence-electron chi connectivity index (χ3n) is 1.52. The summed E-state index contributed by atoms with van der Waals surface area (Å²) >= 11 is 0. The standard InChI is InChI=1S/C9H8F3NO2/c10-6-1-2-8(15-4-9(11)12)7(3-6)13-5-14/h1-3,5,9H,4H2,(H,13,14). The lowest BCUT2D eigenvalue weighted by Crippen LogP contribution is -2.09. The molecule has 0 unspecified atom stereocenters. The zero-order valence-corrected chi connectivity index (χ0v) is 7.54. The van der Waals surface area contributed by atoms with E-state index in [2.05, 4.69) is 10.1 Å². The van der Waals surface area contributed by atoms with E-state index in [0.29, 0.717) is 6.41 Å². The van der Waals surface area contributed by atoms with Gasteiger partial charge in [-0.1, -0.05) is 0 Å². The van der Waals surface area contributed by atoms with Gasteiger partial charge in [-0.25, -0.2) is 13.2 Å². The number of amides is 1. The van der Waals surface area contributed by atoms with Gasteiger partial charge in [0.15, 0.2) is 0 Å². The van der Waals surface area contributed by atoms with Gasteiger partial charge in [0, 0.05) is 6.07 Å². The van der Waals surface area contributed by atoms with Crippen LogP contribution in [0, 0.1) is 5.82 Å². The van der Waals surface area contributed by atoms with Crippen molar-refractivity contribution in [1.82, 2.24) is 0 Å². The van der Waals surface area contributed by atoms with Crippen LogP contribution >= 0.6 is 0 Å². The van der Waals surface area contributed by atoms with Gasteiger partial charge >= 0.3 is 0 Å². The van der Waals surface area contributed by atoms with Crippen molar-refractivity contribution >= 4 is 12.1 Å². The van der Waals surface area contributed by atoms with Crippen LogP contribution in [0.1, 0.15) is 0 Å². The number of benzene rings is 1. The molecule has 0 bridgehead atoms. The monoisotopic (exact) mass is 219 g/mol. The number of halogens is 3. The van der Waals surface area contributed by atoms with Gasteiger partial charge in [0.1, 0.15) is 18.2 Å². The summed E-state index contributed by atoms with van der Waals surface area (Å²) in [5, 5.41) is 2.15. The molecule has 0 aliphatic carbocycles. The molecular formula is C9H8F3NO2. The van der Waals surface area contributed by atoms with E-state index in [0.717, 1.165) is 12.1 Å². The average molecular weight is 219 g/mol. The molecule has 1 aromatic rings. The highest BCUT2D eigenvalue weighted by atomic mass is 19.3. The molecule has 6 heteroatoms. The maximum absolute atomic E-state index is 12.7. The Morgan fingerprint density at radius 1 is 1.47 bits per heavy atom. The predicted octanol–water partition coefficient (Wildman–Crippen LogP) is 2.04. The fourth-order valence-electron chi connectivity index (χ4n) is 0.957. The first-order valence-corrected chi connectivity index (χ1v) is 4.04. The molecular weight excluding hydrogens is 211 g/mol. The molecule has 0 aliphatic heterocycles. The quantitative estimate of drug-likeness (QED) is 0.769. The summed E-state index contributed by atoms with van der Waals surface area (Å²) in [6.07, 6.45) is -2.32. The Labute approximate surface area is 83.8 Å². The van der Waals surface area contributed by atoms with Crippen molar-refractivity contribution in [3.63, 3.8) is 0 Å². The van der Waals surface area contributed by atoms with Crippen LogP contribution < -0.4 is 10.1 Å². The molecule has 1 rings (SSSR count). The van der Waals surface area contributed by atoms with Crippen LogP contribution in [0.5, 0.6) is 5.75 Å². The van der Waals surface area contributed by atoms with Crippen molar-refractivity contribution < 1.29 is 22.7 Å². The zero-order valence-electron chi connectivity index (χ0n) is 7.54. The normalized spacial score (nSPS) is 10.1. The number of hydrogen-bond acceptors (Lipinski definition) is 2. The molecule has 0 heterocycles. The minimum Gasteiger partial charge on any atom is -0.485 e. The predicted molar refractivity (Wildman–Crippen MR) is 47.6 cm³/mol. The number of nitrogens with one attached hydrogen (secondary N) is 1. The first-order chi connectivity index (χ1) is 7.13. The third-order valence-corrected chi connectivity index (χ3v) is 1.52. The highest BCUT2D eigenvalue weighted by Crippen LogP contribution is 2.25. The minimum absolute atomic E-state index is 0.00352. The van der Waals surface area contributed by atoms with Gasteiger partial charge in [-0.3, -0.25) is 4.79 Å². The summed E-state index contributed by atoms with van der Waals surface area (Å²) in [5.74, 6) is -0.590. The van der Waals surface area contributed by atoms with E-state index in [1.54, 1.807) is 0 Å². The van der Waals surface area contributed by atoms with Gasteiger partial charge in [0.2, 0.25) is 6.41 Å². The Balaban J connectivity index is 2.80. The SMILES string of the molecule is O=CNc1cc(F)ccc1OCC(F)F. The lowest BCUT2D eigenvalue weighted by Gasteiger charge is -2.09. The lowest BCUT2D eigenvalue weighted by molar-refractivity contribution is -0.105. The first-order valence-electron chi connectivity index (χ1n) is 4.04. The molecule has 3 nitrogen and oxygen atoms in total. The Bertz CT molecular complexity index is 344. The van der Waals surface area contributed by atoms with Crippen LogP contribution in [-0.4, -0.2) is 19.4 Å². The Hall–Kier alpha value is -1.72. The van der Waals surface area contributed by atoms with Crippen LogP contribution in [0.2, 0.25) is 0 Å². The summed E-state index contributed by atoms with van der Waals surface area (Å²) in [6, 6.07) is 3.20. The molecule has 15 heavy (non-hydrogen) atoms. The van der Waals surface area contributed by atoms with Crippen molar-refractivity contribution in [1.29, 1.82) is 0 Å². The van der Waals surface area contributed by atoms with Crippen molar-refractivity contribution in [3.8, 4) is 5.75 Å². The third kappa shape index (κ3) is 3.49. The highest BCUT2D eigenvalue weighted by Gasteiger charge is 2.08. The molecule has 0 atom stereocenters. The van der Waals surface area contributed by atoms with Gasteiger partial charge < -0.3 is 10.1 Å². The molecule has 1 N–H and O–H groups in total. The van der Waals surface area contributed by atoms with Crippen molar-refractivity contribution in [3.05, 3.63) is 24.0 Å². The van der Waals surface area contributed by atoms with E-state index < -0.39 is 18.8 Å². The first kappa shape index (κ1) is 11.4. The summed E-state index contributed by atoms with van der Waals surface area (Å²) in [6.45, 7) is -0.806.